The Kier molecular flexibility index (Phi) is 3.67. The zero-order valence-corrected chi connectivity index (χ0v) is 9.58. The van der Waals surface area contributed by atoms with E-state index in [0.717, 1.165) is 16.9 Å². The Morgan fingerprint density at radius 3 is 2.47 bits per heavy atom. The first-order valence-electron chi connectivity index (χ1n) is 5.48. The fourth-order valence-electron chi connectivity index (χ4n) is 1.57. The van der Waals surface area contributed by atoms with Crippen LogP contribution in [0.25, 0.3) is 0 Å². The fourth-order valence-corrected chi connectivity index (χ4v) is 1.57. The monoisotopic (exact) mass is 230 g/mol. The summed E-state index contributed by atoms with van der Waals surface area (Å²) in [6.07, 6.45) is 2.44. The van der Waals surface area contributed by atoms with E-state index in [1.54, 1.807) is 18.5 Å². The standard InChI is InChI=1S/C13H14N2O2/c1-2-17-12-5-3-10(4-6-12)13(16)11-7-8-14-15-9-11/h3-9,13,16H,2H2,1H3. The number of hydrogen-bond acceptors (Lipinski definition) is 4. The molecule has 0 saturated carbocycles. The first-order valence-corrected chi connectivity index (χ1v) is 5.48. The zero-order valence-electron chi connectivity index (χ0n) is 9.58. The van der Waals surface area contributed by atoms with E-state index >= 15 is 0 Å². The lowest BCUT2D eigenvalue weighted by atomic mass is 10.0. The van der Waals surface area contributed by atoms with Crippen molar-refractivity contribution in [2.75, 3.05) is 6.61 Å². The average molecular weight is 230 g/mol. The van der Waals surface area contributed by atoms with Crippen molar-refractivity contribution in [1.29, 1.82) is 0 Å². The predicted molar refractivity (Wildman–Crippen MR) is 63.7 cm³/mol. The van der Waals surface area contributed by atoms with Gasteiger partial charge in [0.05, 0.1) is 12.8 Å². The first-order chi connectivity index (χ1) is 8.31. The maximum atomic E-state index is 10.1. The molecule has 4 heteroatoms. The second-order valence-corrected chi connectivity index (χ2v) is 3.58. The van der Waals surface area contributed by atoms with Gasteiger partial charge in [-0.1, -0.05) is 12.1 Å². The molecule has 1 aromatic heterocycles. The summed E-state index contributed by atoms with van der Waals surface area (Å²) >= 11 is 0. The van der Waals surface area contributed by atoms with Gasteiger partial charge in [0.15, 0.2) is 0 Å². The van der Waals surface area contributed by atoms with Gasteiger partial charge in [-0.3, -0.25) is 0 Å². The second-order valence-electron chi connectivity index (χ2n) is 3.58. The fraction of sp³-hybridized carbons (Fsp3) is 0.231. The van der Waals surface area contributed by atoms with Crippen molar-refractivity contribution in [2.24, 2.45) is 0 Å². The molecule has 0 spiro atoms. The van der Waals surface area contributed by atoms with Gasteiger partial charge in [-0.2, -0.15) is 10.2 Å². The molecule has 2 rings (SSSR count). The maximum Gasteiger partial charge on any atom is 0.119 e. The summed E-state index contributed by atoms with van der Waals surface area (Å²) in [6.45, 7) is 2.57. The number of ether oxygens (including phenoxy) is 1. The van der Waals surface area contributed by atoms with E-state index in [4.69, 9.17) is 4.74 Å². The summed E-state index contributed by atoms with van der Waals surface area (Å²) in [5.41, 5.74) is 1.53. The van der Waals surface area contributed by atoms with Crippen molar-refractivity contribution in [3.63, 3.8) is 0 Å². The minimum Gasteiger partial charge on any atom is -0.494 e. The molecule has 17 heavy (non-hydrogen) atoms. The summed E-state index contributed by atoms with van der Waals surface area (Å²) in [4.78, 5) is 0. The summed E-state index contributed by atoms with van der Waals surface area (Å²) in [7, 11) is 0. The highest BCUT2D eigenvalue weighted by atomic mass is 16.5. The van der Waals surface area contributed by atoms with Crippen LogP contribution < -0.4 is 4.74 Å². The van der Waals surface area contributed by atoms with Gasteiger partial charge < -0.3 is 9.84 Å². The molecular weight excluding hydrogens is 216 g/mol. The number of hydrogen-bond donors (Lipinski definition) is 1. The molecule has 0 fully saturated rings. The van der Waals surface area contributed by atoms with E-state index in [-0.39, 0.29) is 0 Å². The molecule has 0 bridgehead atoms. The van der Waals surface area contributed by atoms with Gasteiger partial charge >= 0.3 is 0 Å². The van der Waals surface area contributed by atoms with Gasteiger partial charge in [-0.25, -0.2) is 0 Å². The Morgan fingerprint density at radius 2 is 1.88 bits per heavy atom. The van der Waals surface area contributed by atoms with E-state index in [1.807, 2.05) is 31.2 Å². The summed E-state index contributed by atoms with van der Waals surface area (Å²) in [6, 6.07) is 9.12. The van der Waals surface area contributed by atoms with Gasteiger partial charge in [0.1, 0.15) is 11.9 Å². The Balaban J connectivity index is 2.17. The number of nitrogens with zero attached hydrogens (tertiary/aromatic N) is 2. The molecule has 0 amide bonds. The number of benzene rings is 1. The topological polar surface area (TPSA) is 55.2 Å². The van der Waals surface area contributed by atoms with Crippen LogP contribution in [0.15, 0.2) is 42.7 Å². The molecule has 1 aromatic carbocycles. The van der Waals surface area contributed by atoms with E-state index in [0.29, 0.717) is 6.61 Å². The molecule has 0 radical (unpaired) electrons. The van der Waals surface area contributed by atoms with Crippen molar-refractivity contribution in [2.45, 2.75) is 13.0 Å². The van der Waals surface area contributed by atoms with Crippen LogP contribution in [0, 0.1) is 0 Å². The van der Waals surface area contributed by atoms with Gasteiger partial charge in [0, 0.05) is 11.8 Å². The van der Waals surface area contributed by atoms with Crippen LogP contribution in [0.2, 0.25) is 0 Å². The van der Waals surface area contributed by atoms with Gasteiger partial charge in [0.25, 0.3) is 0 Å². The number of aliphatic hydroxyl groups excluding tert-OH is 1. The van der Waals surface area contributed by atoms with Crippen LogP contribution >= 0.6 is 0 Å². The molecule has 1 unspecified atom stereocenters. The highest BCUT2D eigenvalue weighted by Crippen LogP contribution is 2.22. The van der Waals surface area contributed by atoms with Crippen LogP contribution in [0.1, 0.15) is 24.2 Å². The van der Waals surface area contributed by atoms with Gasteiger partial charge in [-0.15, -0.1) is 0 Å². The van der Waals surface area contributed by atoms with Gasteiger partial charge in [0.2, 0.25) is 0 Å². The second kappa shape index (κ2) is 5.41. The third kappa shape index (κ3) is 2.79. The molecule has 0 aliphatic heterocycles. The molecular formula is C13H14N2O2. The van der Waals surface area contributed by atoms with Crippen molar-refractivity contribution in [3.05, 3.63) is 53.9 Å². The molecule has 1 atom stereocenters. The molecule has 1 N–H and O–H groups in total. The van der Waals surface area contributed by atoms with E-state index in [2.05, 4.69) is 10.2 Å². The largest absolute Gasteiger partial charge is 0.494 e. The average Bonchev–Trinajstić information content (AvgIpc) is 2.40. The highest BCUT2D eigenvalue weighted by Gasteiger charge is 2.10. The van der Waals surface area contributed by atoms with Crippen molar-refractivity contribution < 1.29 is 9.84 Å². The molecule has 0 aliphatic rings. The Labute approximate surface area is 99.9 Å². The molecule has 0 saturated heterocycles. The smallest absolute Gasteiger partial charge is 0.119 e. The SMILES string of the molecule is CCOc1ccc(C(O)c2ccnnc2)cc1. The summed E-state index contributed by atoms with van der Waals surface area (Å²) in [5.74, 6) is 0.802. The lowest BCUT2D eigenvalue weighted by Crippen LogP contribution is -2.00. The highest BCUT2D eigenvalue weighted by molar-refractivity contribution is 5.32. The zero-order chi connectivity index (χ0) is 12.1. The first kappa shape index (κ1) is 11.5. The van der Waals surface area contributed by atoms with Crippen LogP contribution in [-0.2, 0) is 0 Å². The molecule has 2 aromatic rings. The van der Waals surface area contributed by atoms with Crippen LogP contribution in [-0.4, -0.2) is 21.9 Å². The summed E-state index contributed by atoms with van der Waals surface area (Å²) in [5, 5.41) is 17.5. The number of rotatable bonds is 4. The summed E-state index contributed by atoms with van der Waals surface area (Å²) < 4.78 is 5.34. The third-order valence-electron chi connectivity index (χ3n) is 2.43. The minimum absolute atomic E-state index is 0.635. The Hall–Kier alpha value is -1.94. The van der Waals surface area contributed by atoms with Crippen LogP contribution in [0.5, 0.6) is 5.75 Å². The predicted octanol–water partition coefficient (Wildman–Crippen LogP) is 1.96. The van der Waals surface area contributed by atoms with Crippen LogP contribution in [0.4, 0.5) is 0 Å². The molecule has 0 aliphatic carbocycles. The minimum atomic E-state index is -0.679. The lowest BCUT2D eigenvalue weighted by molar-refractivity contribution is 0.219. The van der Waals surface area contributed by atoms with Crippen molar-refractivity contribution in [3.8, 4) is 5.75 Å². The third-order valence-corrected chi connectivity index (χ3v) is 2.43. The maximum absolute atomic E-state index is 10.1. The molecule has 88 valence electrons. The Morgan fingerprint density at radius 1 is 1.12 bits per heavy atom. The van der Waals surface area contributed by atoms with Crippen molar-refractivity contribution >= 4 is 0 Å². The molecule has 4 nitrogen and oxygen atoms in total. The van der Waals surface area contributed by atoms with E-state index in [1.165, 1.54) is 0 Å². The van der Waals surface area contributed by atoms with E-state index in [9.17, 15) is 5.11 Å². The number of aromatic nitrogens is 2. The number of aliphatic hydroxyl groups is 1. The Bertz CT molecular complexity index is 457. The van der Waals surface area contributed by atoms with Crippen LogP contribution in [0.3, 0.4) is 0 Å². The van der Waals surface area contributed by atoms with Gasteiger partial charge in [-0.05, 0) is 30.7 Å². The molecule has 1 heterocycles. The lowest BCUT2D eigenvalue weighted by Gasteiger charge is -2.11. The normalized spacial score (nSPS) is 12.1. The van der Waals surface area contributed by atoms with Crippen molar-refractivity contribution in [1.82, 2.24) is 10.2 Å². The van der Waals surface area contributed by atoms with E-state index < -0.39 is 6.10 Å². The quantitative estimate of drug-likeness (QED) is 0.872.